The van der Waals surface area contributed by atoms with E-state index in [0.717, 1.165) is 35.0 Å². The molecule has 0 saturated carbocycles. The van der Waals surface area contributed by atoms with Crippen LogP contribution in [0, 0.1) is 6.92 Å². The molecule has 17 heavy (non-hydrogen) atoms. The highest BCUT2D eigenvalue weighted by molar-refractivity contribution is 5.64. The number of rotatable bonds is 3. The molecule has 0 aliphatic carbocycles. The van der Waals surface area contributed by atoms with Crippen LogP contribution >= 0.6 is 0 Å². The van der Waals surface area contributed by atoms with Crippen molar-refractivity contribution >= 4 is 5.82 Å². The zero-order chi connectivity index (χ0) is 12.4. The molecule has 0 unspecified atom stereocenters. The maximum atomic E-state index is 4.56. The Balaban J connectivity index is 2.59. The molecule has 0 fully saturated rings. The predicted molar refractivity (Wildman–Crippen MR) is 67.9 cm³/mol. The summed E-state index contributed by atoms with van der Waals surface area (Å²) in [6.07, 6.45) is 2.73. The fourth-order valence-corrected chi connectivity index (χ4v) is 1.76. The minimum Gasteiger partial charge on any atom is -0.373 e. The van der Waals surface area contributed by atoms with Crippen LogP contribution in [0.2, 0.25) is 0 Å². The van der Waals surface area contributed by atoms with Gasteiger partial charge in [-0.3, -0.25) is 4.68 Å². The van der Waals surface area contributed by atoms with E-state index in [0.29, 0.717) is 0 Å². The quantitative estimate of drug-likeness (QED) is 0.875. The van der Waals surface area contributed by atoms with Gasteiger partial charge in [-0.1, -0.05) is 6.92 Å². The molecule has 5 nitrogen and oxygen atoms in total. The van der Waals surface area contributed by atoms with Crippen LogP contribution in [0.5, 0.6) is 0 Å². The average molecular weight is 231 g/mol. The Bertz CT molecular complexity index is 530. The summed E-state index contributed by atoms with van der Waals surface area (Å²) >= 11 is 0. The Hall–Kier alpha value is -1.91. The summed E-state index contributed by atoms with van der Waals surface area (Å²) in [6, 6.07) is 1.97. The number of aryl methyl sites for hydroxylation is 2. The molecule has 2 heterocycles. The van der Waals surface area contributed by atoms with Gasteiger partial charge in [-0.15, -0.1) is 0 Å². The van der Waals surface area contributed by atoms with Crippen molar-refractivity contribution in [2.24, 2.45) is 7.05 Å². The van der Waals surface area contributed by atoms with Gasteiger partial charge in [0.15, 0.2) is 0 Å². The zero-order valence-electron chi connectivity index (χ0n) is 10.7. The molecule has 0 amide bonds. The van der Waals surface area contributed by atoms with Crippen molar-refractivity contribution in [1.29, 1.82) is 0 Å². The molecule has 0 aromatic carbocycles. The number of aromatic nitrogens is 4. The summed E-state index contributed by atoms with van der Waals surface area (Å²) in [5, 5.41) is 7.49. The number of nitrogens with zero attached hydrogens (tertiary/aromatic N) is 4. The van der Waals surface area contributed by atoms with Gasteiger partial charge in [0.25, 0.3) is 0 Å². The van der Waals surface area contributed by atoms with E-state index in [9.17, 15) is 0 Å². The molecule has 0 atom stereocenters. The molecule has 0 aliphatic rings. The molecule has 2 aromatic heterocycles. The van der Waals surface area contributed by atoms with Crippen LogP contribution in [0.3, 0.4) is 0 Å². The van der Waals surface area contributed by atoms with Crippen LogP contribution in [-0.2, 0) is 13.5 Å². The van der Waals surface area contributed by atoms with Gasteiger partial charge in [-0.2, -0.15) is 5.10 Å². The van der Waals surface area contributed by atoms with E-state index >= 15 is 0 Å². The predicted octanol–water partition coefficient (Wildman–Crippen LogP) is 1.79. The van der Waals surface area contributed by atoms with E-state index in [2.05, 4.69) is 20.4 Å². The monoisotopic (exact) mass is 231 g/mol. The SMILES string of the molecule is CCc1nc(NC)c(C)c(-c2ccn(C)n2)n1. The maximum Gasteiger partial charge on any atom is 0.133 e. The summed E-state index contributed by atoms with van der Waals surface area (Å²) in [5.41, 5.74) is 2.82. The number of hydrogen-bond donors (Lipinski definition) is 1. The zero-order valence-corrected chi connectivity index (χ0v) is 10.7. The lowest BCUT2D eigenvalue weighted by Crippen LogP contribution is -2.05. The molecule has 5 heteroatoms. The van der Waals surface area contributed by atoms with Crippen molar-refractivity contribution in [2.75, 3.05) is 12.4 Å². The molecule has 0 saturated heterocycles. The molecule has 2 rings (SSSR count). The molecule has 0 radical (unpaired) electrons. The second-order valence-electron chi connectivity index (χ2n) is 3.94. The summed E-state index contributed by atoms with van der Waals surface area (Å²) in [5.74, 6) is 1.71. The normalized spacial score (nSPS) is 10.6. The van der Waals surface area contributed by atoms with E-state index in [-0.39, 0.29) is 0 Å². The minimum absolute atomic E-state index is 0.814. The first-order valence-electron chi connectivity index (χ1n) is 5.71. The summed E-state index contributed by atoms with van der Waals surface area (Å²) in [6.45, 7) is 4.06. The average Bonchev–Trinajstić information content (AvgIpc) is 2.76. The summed E-state index contributed by atoms with van der Waals surface area (Å²) in [7, 11) is 3.77. The van der Waals surface area contributed by atoms with Gasteiger partial charge < -0.3 is 5.32 Å². The fourth-order valence-electron chi connectivity index (χ4n) is 1.76. The van der Waals surface area contributed by atoms with Crippen LogP contribution < -0.4 is 5.32 Å². The third kappa shape index (κ3) is 2.13. The van der Waals surface area contributed by atoms with E-state index in [1.165, 1.54) is 0 Å². The van der Waals surface area contributed by atoms with Crippen LogP contribution in [0.15, 0.2) is 12.3 Å². The van der Waals surface area contributed by atoms with Crippen LogP contribution in [-0.4, -0.2) is 26.8 Å². The van der Waals surface area contributed by atoms with Gasteiger partial charge in [-0.25, -0.2) is 9.97 Å². The largest absolute Gasteiger partial charge is 0.373 e. The van der Waals surface area contributed by atoms with Crippen molar-refractivity contribution in [3.05, 3.63) is 23.7 Å². The smallest absolute Gasteiger partial charge is 0.133 e. The van der Waals surface area contributed by atoms with E-state index in [1.54, 1.807) is 4.68 Å². The van der Waals surface area contributed by atoms with Gasteiger partial charge in [0.1, 0.15) is 17.3 Å². The summed E-state index contributed by atoms with van der Waals surface area (Å²) < 4.78 is 1.78. The van der Waals surface area contributed by atoms with Gasteiger partial charge >= 0.3 is 0 Å². The highest BCUT2D eigenvalue weighted by Gasteiger charge is 2.12. The minimum atomic E-state index is 0.814. The number of nitrogens with one attached hydrogen (secondary N) is 1. The summed E-state index contributed by atoms with van der Waals surface area (Å²) in [4.78, 5) is 9.00. The maximum absolute atomic E-state index is 4.56. The second kappa shape index (κ2) is 4.53. The van der Waals surface area contributed by atoms with Gasteiger partial charge in [0.05, 0.1) is 5.69 Å². The molecule has 0 spiro atoms. The molecule has 2 aromatic rings. The third-order valence-electron chi connectivity index (χ3n) is 2.70. The van der Waals surface area contributed by atoms with Gasteiger partial charge in [-0.05, 0) is 13.0 Å². The van der Waals surface area contributed by atoms with Crippen molar-refractivity contribution in [3.63, 3.8) is 0 Å². The molecule has 90 valence electrons. The van der Waals surface area contributed by atoms with Crippen molar-refractivity contribution in [3.8, 4) is 11.4 Å². The molecule has 0 aliphatic heterocycles. The van der Waals surface area contributed by atoms with Crippen molar-refractivity contribution in [1.82, 2.24) is 19.7 Å². The Morgan fingerprint density at radius 2 is 2.12 bits per heavy atom. The molecule has 1 N–H and O–H groups in total. The number of anilines is 1. The fraction of sp³-hybridized carbons (Fsp3) is 0.417. The van der Waals surface area contributed by atoms with Crippen LogP contribution in [0.25, 0.3) is 11.4 Å². The molecular weight excluding hydrogens is 214 g/mol. The van der Waals surface area contributed by atoms with E-state index in [1.807, 2.05) is 40.2 Å². The van der Waals surface area contributed by atoms with Crippen LogP contribution in [0.1, 0.15) is 18.3 Å². The van der Waals surface area contributed by atoms with Gasteiger partial charge in [0.2, 0.25) is 0 Å². The number of hydrogen-bond acceptors (Lipinski definition) is 4. The first-order valence-corrected chi connectivity index (χ1v) is 5.71. The standard InChI is InChI=1S/C12H17N5/c1-5-10-14-11(8(2)12(13-3)15-10)9-6-7-17(4)16-9/h6-7H,5H2,1-4H3,(H,13,14,15). The Morgan fingerprint density at radius 3 is 2.65 bits per heavy atom. The van der Waals surface area contributed by atoms with Crippen molar-refractivity contribution < 1.29 is 0 Å². The van der Waals surface area contributed by atoms with Crippen molar-refractivity contribution in [2.45, 2.75) is 20.3 Å². The third-order valence-corrected chi connectivity index (χ3v) is 2.70. The van der Waals surface area contributed by atoms with E-state index in [4.69, 9.17) is 0 Å². The molecule has 0 bridgehead atoms. The highest BCUT2D eigenvalue weighted by Crippen LogP contribution is 2.24. The lowest BCUT2D eigenvalue weighted by Gasteiger charge is -2.09. The Kier molecular flexibility index (Phi) is 3.08. The Labute approximate surface area is 101 Å². The Morgan fingerprint density at radius 1 is 1.35 bits per heavy atom. The second-order valence-corrected chi connectivity index (χ2v) is 3.94. The first-order chi connectivity index (χ1) is 8.15. The van der Waals surface area contributed by atoms with E-state index < -0.39 is 0 Å². The highest BCUT2D eigenvalue weighted by atomic mass is 15.3. The van der Waals surface area contributed by atoms with Gasteiger partial charge in [0, 0.05) is 32.3 Å². The lowest BCUT2D eigenvalue weighted by atomic mass is 10.1. The first kappa shape index (κ1) is 11.6. The van der Waals surface area contributed by atoms with Crippen LogP contribution in [0.4, 0.5) is 5.82 Å². The lowest BCUT2D eigenvalue weighted by molar-refractivity contribution is 0.768. The topological polar surface area (TPSA) is 55.6 Å². The molecular formula is C12H17N5.